The van der Waals surface area contributed by atoms with Crippen molar-refractivity contribution in [2.75, 3.05) is 0 Å². The summed E-state index contributed by atoms with van der Waals surface area (Å²) < 4.78 is 0. The van der Waals surface area contributed by atoms with Crippen LogP contribution < -0.4 is 0 Å². The molecule has 1 heteroatoms. The van der Waals surface area contributed by atoms with Crippen LogP contribution in [0.5, 0.6) is 0 Å². The van der Waals surface area contributed by atoms with Crippen LogP contribution in [0.15, 0.2) is 24.3 Å². The van der Waals surface area contributed by atoms with E-state index < -0.39 is 0 Å². The van der Waals surface area contributed by atoms with Gasteiger partial charge in [-0.2, -0.15) is 0 Å². The van der Waals surface area contributed by atoms with Crippen molar-refractivity contribution in [2.24, 2.45) is 17.8 Å². The number of aryl methyl sites for hydroxylation is 2. The lowest BCUT2D eigenvalue weighted by atomic mass is 9.73. The molecule has 2 fully saturated rings. The van der Waals surface area contributed by atoms with Gasteiger partial charge in [-0.3, -0.25) is 0 Å². The van der Waals surface area contributed by atoms with Gasteiger partial charge in [0.25, 0.3) is 0 Å². The zero-order chi connectivity index (χ0) is 20.3. The summed E-state index contributed by atoms with van der Waals surface area (Å²) >= 11 is 0. The van der Waals surface area contributed by atoms with Gasteiger partial charge < -0.3 is 0 Å². The summed E-state index contributed by atoms with van der Waals surface area (Å²) in [5.74, 6) is 3.28. The second-order valence-electron chi connectivity index (χ2n) is 10.5. The molecule has 164 valence electrons. The van der Waals surface area contributed by atoms with Gasteiger partial charge in [-0.1, -0.05) is 114 Å². The molecule has 3 rings (SSSR count). The summed E-state index contributed by atoms with van der Waals surface area (Å²) in [6.45, 7) is 4.59. The van der Waals surface area contributed by atoms with Crippen molar-refractivity contribution in [3.05, 3.63) is 35.4 Å². The summed E-state index contributed by atoms with van der Waals surface area (Å²) in [7, 11) is -0.313. The van der Waals surface area contributed by atoms with E-state index >= 15 is 0 Å². The molecular weight excluding hydrogens is 364 g/mol. The van der Waals surface area contributed by atoms with E-state index in [4.69, 9.17) is 0 Å². The maximum Gasteiger partial charge on any atom is 0.0368 e. The van der Waals surface area contributed by atoms with Crippen LogP contribution in [0.2, 0.25) is 18.1 Å². The molecule has 1 heterocycles. The van der Waals surface area contributed by atoms with E-state index in [1.807, 2.05) is 0 Å². The fraction of sp³-hybridized carbons (Fsp3) is 0.786. The van der Waals surface area contributed by atoms with Crippen molar-refractivity contribution in [3.8, 4) is 0 Å². The fourth-order valence-electron chi connectivity index (χ4n) is 6.28. The second kappa shape index (κ2) is 13.0. The molecule has 1 aromatic carbocycles. The zero-order valence-corrected chi connectivity index (χ0v) is 20.8. The van der Waals surface area contributed by atoms with Gasteiger partial charge in [0.05, 0.1) is 0 Å². The Bertz CT molecular complexity index is 532. The van der Waals surface area contributed by atoms with Crippen molar-refractivity contribution in [3.63, 3.8) is 0 Å². The van der Waals surface area contributed by atoms with Gasteiger partial charge in [0.2, 0.25) is 0 Å². The summed E-state index contributed by atoms with van der Waals surface area (Å²) in [5, 5.41) is 0. The van der Waals surface area contributed by atoms with Crippen LogP contribution in [0.3, 0.4) is 0 Å². The first-order valence-electron chi connectivity index (χ1n) is 13.4. The van der Waals surface area contributed by atoms with Crippen LogP contribution in [0.1, 0.15) is 102 Å². The van der Waals surface area contributed by atoms with Gasteiger partial charge in [-0.15, -0.1) is 0 Å². The lowest BCUT2D eigenvalue weighted by Gasteiger charge is -2.37. The molecule has 0 bridgehead atoms. The average Bonchev–Trinajstić information content (AvgIpc) is 2.78. The molecule has 1 saturated carbocycles. The quantitative estimate of drug-likeness (QED) is 0.252. The third-order valence-electron chi connectivity index (χ3n) is 8.42. The van der Waals surface area contributed by atoms with Crippen LogP contribution in [0.4, 0.5) is 0 Å². The molecule has 0 nitrogen and oxygen atoms in total. The standard InChI is InChI=1S/C28H48Si/c1-3-5-8-21-29-22-19-28(20-23-29)27-17-15-26(16-18-27)10-7-6-9-25-13-11-24(4-2)12-14-25/h11-14,26-29H,3-10,15-23H2,1-2H3. The largest absolute Gasteiger partial charge is 0.0654 e. The minimum Gasteiger partial charge on any atom is -0.0654 e. The van der Waals surface area contributed by atoms with Crippen LogP contribution in [0.25, 0.3) is 0 Å². The molecule has 0 N–H and O–H groups in total. The molecule has 29 heavy (non-hydrogen) atoms. The monoisotopic (exact) mass is 412 g/mol. The highest BCUT2D eigenvalue weighted by atomic mass is 28.3. The Morgan fingerprint density at radius 3 is 2.03 bits per heavy atom. The highest BCUT2D eigenvalue weighted by Crippen LogP contribution is 2.42. The molecule has 0 amide bonds. The molecule has 1 saturated heterocycles. The molecule has 1 aliphatic heterocycles. The van der Waals surface area contributed by atoms with Crippen LogP contribution >= 0.6 is 0 Å². The van der Waals surface area contributed by atoms with E-state index in [0.29, 0.717) is 0 Å². The Morgan fingerprint density at radius 2 is 1.38 bits per heavy atom. The predicted octanol–water partition coefficient (Wildman–Crippen LogP) is 8.60. The van der Waals surface area contributed by atoms with Crippen molar-refractivity contribution < 1.29 is 0 Å². The maximum absolute atomic E-state index is 2.35. The van der Waals surface area contributed by atoms with Gasteiger partial charge in [0, 0.05) is 8.80 Å². The Morgan fingerprint density at radius 1 is 0.724 bits per heavy atom. The van der Waals surface area contributed by atoms with E-state index in [-0.39, 0.29) is 8.80 Å². The number of rotatable bonds is 11. The summed E-state index contributed by atoms with van der Waals surface area (Å²) in [6, 6.07) is 14.4. The van der Waals surface area contributed by atoms with Crippen LogP contribution in [-0.4, -0.2) is 8.80 Å². The molecule has 0 atom stereocenters. The Hall–Kier alpha value is -0.563. The van der Waals surface area contributed by atoms with Crippen molar-refractivity contribution in [1.82, 2.24) is 0 Å². The summed E-state index contributed by atoms with van der Waals surface area (Å²) in [6.07, 6.45) is 20.7. The second-order valence-corrected chi connectivity index (χ2v) is 13.9. The van der Waals surface area contributed by atoms with E-state index in [1.165, 1.54) is 44.1 Å². The Kier molecular flexibility index (Phi) is 10.3. The lowest BCUT2D eigenvalue weighted by Crippen LogP contribution is -2.28. The molecule has 0 radical (unpaired) electrons. The molecular formula is C28H48Si. The van der Waals surface area contributed by atoms with Gasteiger partial charge in [0.1, 0.15) is 0 Å². The van der Waals surface area contributed by atoms with E-state index in [9.17, 15) is 0 Å². The predicted molar refractivity (Wildman–Crippen MR) is 133 cm³/mol. The number of hydrogen-bond donors (Lipinski definition) is 0. The molecule has 1 aliphatic carbocycles. The Labute approximate surface area is 183 Å². The maximum atomic E-state index is 2.35. The first-order chi connectivity index (χ1) is 14.3. The summed E-state index contributed by atoms with van der Waals surface area (Å²) in [4.78, 5) is 0. The SMILES string of the molecule is CCCCC[SiH]1CCC(C2CCC(CCCCc3ccc(CC)cc3)CC2)CC1. The first kappa shape index (κ1) is 23.1. The topological polar surface area (TPSA) is 0 Å². The normalized spacial score (nSPS) is 27.8. The highest BCUT2D eigenvalue weighted by molar-refractivity contribution is 6.58. The highest BCUT2D eigenvalue weighted by Gasteiger charge is 2.30. The smallest absolute Gasteiger partial charge is 0.0368 e. The van der Waals surface area contributed by atoms with Crippen molar-refractivity contribution >= 4 is 8.80 Å². The number of benzene rings is 1. The molecule has 0 aromatic heterocycles. The van der Waals surface area contributed by atoms with Gasteiger partial charge in [-0.25, -0.2) is 0 Å². The third-order valence-corrected chi connectivity index (χ3v) is 11.9. The van der Waals surface area contributed by atoms with Gasteiger partial charge in [-0.05, 0) is 61.0 Å². The fourth-order valence-corrected chi connectivity index (χ4v) is 9.81. The van der Waals surface area contributed by atoms with Crippen molar-refractivity contribution in [2.45, 2.75) is 122 Å². The Balaban J connectivity index is 1.25. The minimum atomic E-state index is -0.313. The minimum absolute atomic E-state index is 0.313. The van der Waals surface area contributed by atoms with E-state index in [0.717, 1.165) is 24.2 Å². The third kappa shape index (κ3) is 7.89. The van der Waals surface area contributed by atoms with Crippen LogP contribution in [0, 0.1) is 17.8 Å². The lowest BCUT2D eigenvalue weighted by molar-refractivity contribution is 0.184. The first-order valence-corrected chi connectivity index (χ1v) is 15.8. The van der Waals surface area contributed by atoms with E-state index in [1.54, 1.807) is 68.6 Å². The van der Waals surface area contributed by atoms with Gasteiger partial charge >= 0.3 is 0 Å². The zero-order valence-electron chi connectivity index (χ0n) is 19.6. The number of hydrogen-bond acceptors (Lipinski definition) is 0. The summed E-state index contributed by atoms with van der Waals surface area (Å²) in [5.41, 5.74) is 3.01. The van der Waals surface area contributed by atoms with Gasteiger partial charge in [0.15, 0.2) is 0 Å². The molecule has 0 unspecified atom stereocenters. The van der Waals surface area contributed by atoms with Crippen LogP contribution in [-0.2, 0) is 12.8 Å². The van der Waals surface area contributed by atoms with Crippen molar-refractivity contribution in [1.29, 1.82) is 0 Å². The number of unbranched alkanes of at least 4 members (excludes halogenated alkanes) is 3. The average molecular weight is 413 g/mol. The molecule has 1 aromatic rings. The molecule has 2 aliphatic rings. The molecule has 0 spiro atoms. The van der Waals surface area contributed by atoms with E-state index in [2.05, 4.69) is 38.1 Å².